The summed E-state index contributed by atoms with van der Waals surface area (Å²) in [7, 11) is 3.30. The van der Waals surface area contributed by atoms with Gasteiger partial charge in [-0.2, -0.15) is 0 Å². The number of aliphatic imine (C=N–C) groups is 1. The van der Waals surface area contributed by atoms with E-state index in [4.69, 9.17) is 4.99 Å². The largest absolute Gasteiger partial charge is 0.332 e. The van der Waals surface area contributed by atoms with Gasteiger partial charge in [-0.1, -0.05) is 38.5 Å². The van der Waals surface area contributed by atoms with Gasteiger partial charge in [0.1, 0.15) is 5.82 Å². The van der Waals surface area contributed by atoms with E-state index in [1.54, 1.807) is 18.7 Å². The van der Waals surface area contributed by atoms with Crippen molar-refractivity contribution >= 4 is 11.5 Å². The monoisotopic (exact) mass is 317 g/mol. The van der Waals surface area contributed by atoms with Crippen LogP contribution in [0.1, 0.15) is 75.7 Å². The van der Waals surface area contributed by atoms with Crippen LogP contribution in [0.3, 0.4) is 0 Å². The van der Waals surface area contributed by atoms with Crippen LogP contribution in [0.4, 0.5) is 5.82 Å². The summed E-state index contributed by atoms with van der Waals surface area (Å²) in [4.78, 5) is 29.6. The lowest BCUT2D eigenvalue weighted by Crippen LogP contribution is -2.40. The third-order valence-corrected chi connectivity index (χ3v) is 5.34. The number of rotatable bonds is 0. The Morgan fingerprint density at radius 1 is 0.913 bits per heavy atom. The molecule has 126 valence electrons. The first-order valence-electron chi connectivity index (χ1n) is 8.96. The fourth-order valence-corrected chi connectivity index (χ4v) is 3.94. The molecule has 0 radical (unpaired) electrons. The third-order valence-electron chi connectivity index (χ3n) is 5.34. The van der Waals surface area contributed by atoms with Crippen LogP contribution in [0.5, 0.6) is 0 Å². The van der Waals surface area contributed by atoms with Crippen molar-refractivity contribution in [1.29, 1.82) is 0 Å². The molecule has 23 heavy (non-hydrogen) atoms. The fraction of sp³-hybridized carbons (Fsp3) is 0.722. The van der Waals surface area contributed by atoms with Crippen LogP contribution >= 0.6 is 0 Å². The highest BCUT2D eigenvalue weighted by Gasteiger charge is 2.28. The summed E-state index contributed by atoms with van der Waals surface area (Å²) in [6.07, 6.45) is 11.7. The molecule has 1 atom stereocenters. The lowest BCUT2D eigenvalue weighted by atomic mass is 9.85. The zero-order valence-electron chi connectivity index (χ0n) is 14.3. The second-order valence-electron chi connectivity index (χ2n) is 7.04. The van der Waals surface area contributed by atoms with Crippen LogP contribution in [0.25, 0.3) is 0 Å². The summed E-state index contributed by atoms with van der Waals surface area (Å²) in [5.41, 5.74) is 1.50. The molecule has 1 aromatic heterocycles. The maximum Gasteiger partial charge on any atom is 0.332 e. The van der Waals surface area contributed by atoms with E-state index in [9.17, 15) is 9.59 Å². The van der Waals surface area contributed by atoms with Gasteiger partial charge < -0.3 is 0 Å². The summed E-state index contributed by atoms with van der Waals surface area (Å²) < 4.78 is 2.78. The minimum absolute atomic E-state index is 0.150. The van der Waals surface area contributed by atoms with Crippen molar-refractivity contribution in [1.82, 2.24) is 9.13 Å². The van der Waals surface area contributed by atoms with Crippen molar-refractivity contribution in [2.24, 2.45) is 19.1 Å². The average Bonchev–Trinajstić information content (AvgIpc) is 2.54. The Balaban J connectivity index is 2.07. The zero-order valence-corrected chi connectivity index (χ0v) is 14.3. The van der Waals surface area contributed by atoms with Crippen molar-refractivity contribution in [2.45, 2.75) is 70.1 Å². The number of hydrogen-bond acceptors (Lipinski definition) is 3. The van der Waals surface area contributed by atoms with E-state index < -0.39 is 0 Å². The molecule has 2 heterocycles. The Kier molecular flexibility index (Phi) is 4.83. The maximum atomic E-state index is 12.6. The number of nitrogens with zero attached hydrogens (tertiary/aromatic N) is 3. The molecular weight excluding hydrogens is 290 g/mol. The van der Waals surface area contributed by atoms with Gasteiger partial charge in [0.05, 0.1) is 5.56 Å². The van der Waals surface area contributed by atoms with Crippen LogP contribution in [0.2, 0.25) is 0 Å². The molecule has 5 nitrogen and oxygen atoms in total. The molecule has 1 aliphatic carbocycles. The van der Waals surface area contributed by atoms with E-state index in [0.29, 0.717) is 5.82 Å². The minimum Gasteiger partial charge on any atom is -0.281 e. The van der Waals surface area contributed by atoms with E-state index in [2.05, 4.69) is 0 Å². The van der Waals surface area contributed by atoms with E-state index in [1.165, 1.54) is 48.8 Å². The van der Waals surface area contributed by atoms with Gasteiger partial charge in [0.2, 0.25) is 0 Å². The van der Waals surface area contributed by atoms with Crippen molar-refractivity contribution in [3.8, 4) is 0 Å². The normalized spacial score (nSPS) is 22.5. The molecule has 0 saturated heterocycles. The Morgan fingerprint density at radius 3 is 2.30 bits per heavy atom. The standard InChI is InChI=1S/C18H27N3O2/c1-20-16-15(17(22)21(2)18(20)23)13-10-8-6-4-3-5-7-9-11-14(12-13)19-16/h13H,3-12H2,1-2H3. The quantitative estimate of drug-likeness (QED) is 0.738. The molecule has 2 bridgehead atoms. The molecule has 3 rings (SSSR count). The number of hydrogen-bond donors (Lipinski definition) is 0. The van der Waals surface area contributed by atoms with Crippen LogP contribution in [0, 0.1) is 0 Å². The van der Waals surface area contributed by atoms with Crippen LogP contribution in [-0.2, 0) is 14.1 Å². The zero-order chi connectivity index (χ0) is 16.4. The van der Waals surface area contributed by atoms with Crippen LogP contribution < -0.4 is 11.2 Å². The van der Waals surface area contributed by atoms with E-state index in [0.717, 1.165) is 31.2 Å². The lowest BCUT2D eigenvalue weighted by molar-refractivity contribution is 0.514. The highest BCUT2D eigenvalue weighted by Crippen LogP contribution is 2.36. The van der Waals surface area contributed by atoms with E-state index in [1.807, 2.05) is 0 Å². The first-order chi connectivity index (χ1) is 11.1. The SMILES string of the molecule is Cn1c2c(c(=O)n(C)c1=O)C1CCCCCCCCCC(=N2)C1. The van der Waals surface area contributed by atoms with Crippen LogP contribution in [0.15, 0.2) is 14.6 Å². The Hall–Kier alpha value is -1.65. The van der Waals surface area contributed by atoms with Crippen molar-refractivity contribution in [3.63, 3.8) is 0 Å². The van der Waals surface area contributed by atoms with Gasteiger partial charge in [-0.3, -0.25) is 13.9 Å². The minimum atomic E-state index is -0.279. The molecule has 0 spiro atoms. The summed E-state index contributed by atoms with van der Waals surface area (Å²) in [6.45, 7) is 0. The molecule has 1 unspecified atom stereocenters. The molecule has 5 heteroatoms. The van der Waals surface area contributed by atoms with Crippen molar-refractivity contribution < 1.29 is 0 Å². The molecule has 0 N–H and O–H groups in total. The summed E-state index contributed by atoms with van der Waals surface area (Å²) in [6, 6.07) is 0. The topological polar surface area (TPSA) is 56.4 Å². The van der Waals surface area contributed by atoms with Crippen molar-refractivity contribution in [3.05, 3.63) is 26.4 Å². The van der Waals surface area contributed by atoms with Crippen molar-refractivity contribution in [2.75, 3.05) is 0 Å². The van der Waals surface area contributed by atoms with E-state index >= 15 is 0 Å². The van der Waals surface area contributed by atoms with Gasteiger partial charge in [-0.15, -0.1) is 0 Å². The van der Waals surface area contributed by atoms with Gasteiger partial charge in [-0.05, 0) is 31.6 Å². The van der Waals surface area contributed by atoms with Crippen LogP contribution in [-0.4, -0.2) is 14.8 Å². The van der Waals surface area contributed by atoms with Gasteiger partial charge in [0, 0.05) is 19.8 Å². The third kappa shape index (κ3) is 3.19. The molecule has 1 aromatic rings. The number of aromatic nitrogens is 2. The molecular formula is C18H27N3O2. The molecule has 0 aromatic carbocycles. The molecule has 1 aliphatic heterocycles. The van der Waals surface area contributed by atoms with Gasteiger partial charge in [-0.25, -0.2) is 9.79 Å². The summed E-state index contributed by atoms with van der Waals surface area (Å²) in [5, 5.41) is 0. The predicted octanol–water partition coefficient (Wildman–Crippen LogP) is 3.17. The van der Waals surface area contributed by atoms with Gasteiger partial charge in [0.25, 0.3) is 5.56 Å². The first kappa shape index (κ1) is 16.2. The highest BCUT2D eigenvalue weighted by molar-refractivity contribution is 5.89. The molecule has 1 fully saturated rings. The second-order valence-corrected chi connectivity index (χ2v) is 7.04. The Labute approximate surface area is 137 Å². The van der Waals surface area contributed by atoms with Gasteiger partial charge >= 0.3 is 5.69 Å². The summed E-state index contributed by atoms with van der Waals surface area (Å²) >= 11 is 0. The van der Waals surface area contributed by atoms with E-state index in [-0.39, 0.29) is 17.2 Å². The predicted molar refractivity (Wildman–Crippen MR) is 92.9 cm³/mol. The Morgan fingerprint density at radius 2 is 1.57 bits per heavy atom. The maximum absolute atomic E-state index is 12.6. The Bertz CT molecular complexity index is 727. The summed E-state index contributed by atoms with van der Waals surface area (Å²) in [5.74, 6) is 0.837. The second kappa shape index (κ2) is 6.85. The van der Waals surface area contributed by atoms with Gasteiger partial charge in [0.15, 0.2) is 0 Å². The average molecular weight is 317 g/mol. The molecule has 0 amide bonds. The smallest absolute Gasteiger partial charge is 0.281 e. The lowest BCUT2D eigenvalue weighted by Gasteiger charge is -2.26. The molecule has 1 saturated carbocycles. The highest BCUT2D eigenvalue weighted by atomic mass is 16.2. The fourth-order valence-electron chi connectivity index (χ4n) is 3.94. The number of fused-ring (bicyclic) bond motifs is 4. The first-order valence-corrected chi connectivity index (χ1v) is 8.96. The molecule has 2 aliphatic rings.